The van der Waals surface area contributed by atoms with E-state index in [4.69, 9.17) is 31.1 Å². The van der Waals surface area contributed by atoms with Crippen molar-refractivity contribution in [3.8, 4) is 11.5 Å². The van der Waals surface area contributed by atoms with E-state index in [1.54, 1.807) is 32.3 Å². The van der Waals surface area contributed by atoms with Crippen molar-refractivity contribution in [2.45, 2.75) is 31.6 Å². The first-order valence-electron chi connectivity index (χ1n) is 10.9. The third-order valence-electron chi connectivity index (χ3n) is 5.42. The van der Waals surface area contributed by atoms with Gasteiger partial charge in [0.05, 0.1) is 18.2 Å². The van der Waals surface area contributed by atoms with Gasteiger partial charge in [-0.3, -0.25) is 0 Å². The summed E-state index contributed by atoms with van der Waals surface area (Å²) in [6.45, 7) is 5.49. The van der Waals surface area contributed by atoms with E-state index in [0.29, 0.717) is 12.2 Å². The molecule has 0 aliphatic carbocycles. The van der Waals surface area contributed by atoms with Gasteiger partial charge < -0.3 is 24.4 Å². The minimum atomic E-state index is -4.20. The Morgan fingerprint density at radius 2 is 1.94 bits per heavy atom. The summed E-state index contributed by atoms with van der Waals surface area (Å²) in [6.07, 6.45) is 3.33. The van der Waals surface area contributed by atoms with Gasteiger partial charge in [0.15, 0.2) is 0 Å². The molecule has 9 nitrogen and oxygen atoms in total. The average Bonchev–Trinajstić information content (AvgIpc) is 2.78. The van der Waals surface area contributed by atoms with Crippen molar-refractivity contribution in [2.75, 3.05) is 26.3 Å². The summed E-state index contributed by atoms with van der Waals surface area (Å²) in [5, 5.41) is 3.60. The molecule has 12 heteroatoms. The van der Waals surface area contributed by atoms with Crippen LogP contribution in [0.5, 0.6) is 11.5 Å². The summed E-state index contributed by atoms with van der Waals surface area (Å²) in [4.78, 5) is 14.5. The second-order valence-electron chi connectivity index (χ2n) is 7.86. The van der Waals surface area contributed by atoms with Crippen LogP contribution in [0.25, 0.3) is 0 Å². The molecule has 192 valence electrons. The SMILES string of the molecule is CCOC(=O)c1c(C)cc(OS(=O)(=O)c2ccccc2Cl)cc1OCC1CCN(C=NN)CC1.Cl. The van der Waals surface area contributed by atoms with Crippen molar-refractivity contribution in [3.05, 3.63) is 52.5 Å². The third kappa shape index (κ3) is 7.39. The molecule has 3 rings (SSSR count). The molecule has 0 aromatic heterocycles. The van der Waals surface area contributed by atoms with Crippen LogP contribution in [0, 0.1) is 12.8 Å². The second kappa shape index (κ2) is 12.9. The highest BCUT2D eigenvalue weighted by Crippen LogP contribution is 2.33. The lowest BCUT2D eigenvalue weighted by atomic mass is 9.98. The standard InChI is InChI=1S/C23H28ClN3O6S.ClH/c1-3-31-23(28)22-16(2)12-18(33-34(29,30)21-7-5-4-6-19(21)24)13-20(22)32-14-17-8-10-27(11-9-17)15-26-25;/h4-7,12-13,15,17H,3,8-11,14,25H2,1-2H3;1H. The summed E-state index contributed by atoms with van der Waals surface area (Å²) in [5.41, 5.74) is 0.700. The normalized spacial score (nSPS) is 14.4. The van der Waals surface area contributed by atoms with Gasteiger partial charge in [-0.15, -0.1) is 12.4 Å². The van der Waals surface area contributed by atoms with Crippen LogP contribution in [0.3, 0.4) is 0 Å². The summed E-state index contributed by atoms with van der Waals surface area (Å²) in [6, 6.07) is 8.85. The molecule has 35 heavy (non-hydrogen) atoms. The largest absolute Gasteiger partial charge is 0.492 e. The van der Waals surface area contributed by atoms with Crippen LogP contribution < -0.4 is 14.8 Å². The van der Waals surface area contributed by atoms with Crippen LogP contribution in [-0.4, -0.2) is 51.9 Å². The molecule has 1 aliphatic rings. The minimum absolute atomic E-state index is 0. The van der Waals surface area contributed by atoms with Gasteiger partial charge in [-0.05, 0) is 56.4 Å². The smallest absolute Gasteiger partial charge is 0.342 e. The highest BCUT2D eigenvalue weighted by atomic mass is 35.5. The van der Waals surface area contributed by atoms with Crippen molar-refractivity contribution in [1.29, 1.82) is 0 Å². The predicted octanol–water partition coefficient (Wildman–Crippen LogP) is 4.01. The number of rotatable bonds is 9. The Balaban J connectivity index is 0.00000432. The van der Waals surface area contributed by atoms with E-state index in [-0.39, 0.29) is 51.9 Å². The summed E-state index contributed by atoms with van der Waals surface area (Å²) in [7, 11) is -4.20. The van der Waals surface area contributed by atoms with Gasteiger partial charge in [-0.25, -0.2) is 4.79 Å². The predicted molar refractivity (Wildman–Crippen MR) is 136 cm³/mol. The molecule has 2 aromatic rings. The Bertz CT molecular complexity index is 1150. The maximum atomic E-state index is 12.8. The van der Waals surface area contributed by atoms with Crippen LogP contribution in [-0.2, 0) is 14.9 Å². The number of nitrogens with zero attached hydrogens (tertiary/aromatic N) is 2. The van der Waals surface area contributed by atoms with Crippen LogP contribution in [0.15, 0.2) is 46.4 Å². The molecule has 1 aliphatic heterocycles. The number of hydrogen-bond donors (Lipinski definition) is 1. The molecule has 1 fully saturated rings. The van der Waals surface area contributed by atoms with Gasteiger partial charge in [0.1, 0.15) is 28.3 Å². The number of likely N-dealkylation sites (tertiary alicyclic amines) is 1. The number of benzene rings is 2. The number of hydrazone groups is 1. The molecule has 0 saturated carbocycles. The Hall–Kier alpha value is -2.69. The van der Waals surface area contributed by atoms with Crippen LogP contribution in [0.4, 0.5) is 0 Å². The first kappa shape index (κ1) is 28.5. The van der Waals surface area contributed by atoms with Crippen molar-refractivity contribution in [3.63, 3.8) is 0 Å². The second-order valence-corrected chi connectivity index (χ2v) is 9.78. The van der Waals surface area contributed by atoms with Crippen LogP contribution >= 0.6 is 24.0 Å². The Morgan fingerprint density at radius 1 is 1.26 bits per heavy atom. The fourth-order valence-electron chi connectivity index (χ4n) is 3.71. The summed E-state index contributed by atoms with van der Waals surface area (Å²) < 4.78 is 42.1. The third-order valence-corrected chi connectivity index (χ3v) is 7.17. The van der Waals surface area contributed by atoms with Gasteiger partial charge in [-0.2, -0.15) is 13.5 Å². The van der Waals surface area contributed by atoms with E-state index >= 15 is 0 Å². The number of carbonyl (C=O) groups excluding carboxylic acids is 1. The zero-order valence-corrected chi connectivity index (χ0v) is 21.9. The molecule has 2 N–H and O–H groups in total. The number of aryl methyl sites for hydroxylation is 1. The fourth-order valence-corrected chi connectivity index (χ4v) is 5.12. The van der Waals surface area contributed by atoms with Crippen molar-refractivity contribution >= 4 is 46.4 Å². The molecule has 0 bridgehead atoms. The fraction of sp³-hybridized carbons (Fsp3) is 0.391. The number of esters is 1. The number of ether oxygens (including phenoxy) is 2. The van der Waals surface area contributed by atoms with Crippen molar-refractivity contribution < 1.29 is 26.9 Å². The van der Waals surface area contributed by atoms with E-state index in [2.05, 4.69) is 5.10 Å². The Labute approximate surface area is 216 Å². The molecule has 1 heterocycles. The molecular formula is C23H29Cl2N3O6S. The molecule has 2 aromatic carbocycles. The first-order valence-corrected chi connectivity index (χ1v) is 12.6. The van der Waals surface area contributed by atoms with Gasteiger partial charge in [0, 0.05) is 19.2 Å². The van der Waals surface area contributed by atoms with E-state index in [1.807, 2.05) is 4.90 Å². The molecule has 0 amide bonds. The monoisotopic (exact) mass is 545 g/mol. The molecule has 1 saturated heterocycles. The highest BCUT2D eigenvalue weighted by Gasteiger charge is 2.25. The number of carbonyl (C=O) groups is 1. The lowest BCUT2D eigenvalue weighted by Crippen LogP contribution is -2.34. The number of hydrogen-bond acceptors (Lipinski definition) is 8. The highest BCUT2D eigenvalue weighted by molar-refractivity contribution is 7.87. The maximum Gasteiger partial charge on any atom is 0.342 e. The van der Waals surface area contributed by atoms with Gasteiger partial charge >= 0.3 is 16.1 Å². The quantitative estimate of drug-likeness (QED) is 0.125. The number of piperidine rings is 1. The summed E-state index contributed by atoms with van der Waals surface area (Å²) >= 11 is 6.04. The molecular weight excluding hydrogens is 517 g/mol. The minimum Gasteiger partial charge on any atom is -0.492 e. The van der Waals surface area contributed by atoms with Crippen LogP contribution in [0.1, 0.15) is 35.7 Å². The maximum absolute atomic E-state index is 12.8. The van der Waals surface area contributed by atoms with E-state index < -0.39 is 16.1 Å². The van der Waals surface area contributed by atoms with Gasteiger partial charge in [-0.1, -0.05) is 23.7 Å². The van der Waals surface area contributed by atoms with Crippen LogP contribution in [0.2, 0.25) is 5.02 Å². The zero-order valence-electron chi connectivity index (χ0n) is 19.5. The number of nitrogens with two attached hydrogens (primary N) is 1. The van der Waals surface area contributed by atoms with E-state index in [9.17, 15) is 13.2 Å². The summed E-state index contributed by atoms with van der Waals surface area (Å²) in [5.74, 6) is 5.12. The average molecular weight is 546 g/mol. The Morgan fingerprint density at radius 3 is 2.57 bits per heavy atom. The number of halogens is 2. The molecule has 0 atom stereocenters. The molecule has 0 radical (unpaired) electrons. The lowest BCUT2D eigenvalue weighted by molar-refractivity contribution is 0.0519. The Kier molecular flexibility index (Phi) is 10.5. The first-order chi connectivity index (χ1) is 16.2. The molecule has 0 spiro atoms. The van der Waals surface area contributed by atoms with Gasteiger partial charge in [0.25, 0.3) is 0 Å². The van der Waals surface area contributed by atoms with Crippen molar-refractivity contribution in [1.82, 2.24) is 4.90 Å². The van der Waals surface area contributed by atoms with E-state index in [1.165, 1.54) is 24.3 Å². The van der Waals surface area contributed by atoms with E-state index in [0.717, 1.165) is 25.9 Å². The van der Waals surface area contributed by atoms with Crippen molar-refractivity contribution in [2.24, 2.45) is 16.9 Å². The lowest BCUT2D eigenvalue weighted by Gasteiger charge is -2.30. The zero-order chi connectivity index (χ0) is 24.7. The van der Waals surface area contributed by atoms with Gasteiger partial charge in [0.2, 0.25) is 0 Å². The molecule has 0 unspecified atom stereocenters. The topological polar surface area (TPSA) is 121 Å².